The number of hydrogen-bond donors (Lipinski definition) is 3. The molecule has 0 radical (unpaired) electrons. The van der Waals surface area contributed by atoms with Gasteiger partial charge in [0.2, 0.25) is 0 Å². The molecular weight excluding hydrogens is 446 g/mol. The Balaban J connectivity index is 2.28. The maximum Gasteiger partial charge on any atom is 0.405 e. The Labute approximate surface area is 188 Å². The van der Waals surface area contributed by atoms with Crippen LogP contribution in [0.15, 0.2) is 24.3 Å². The average molecular weight is 473 g/mol. The predicted octanol–water partition coefficient (Wildman–Crippen LogP) is 2.74. The predicted molar refractivity (Wildman–Crippen MR) is 112 cm³/mol. The molecule has 0 atom stereocenters. The SMILES string of the molecule is CC(C)(CO)NC(=O)c1nnn(-c2ccc(C(=O)NCC(F)(F)F)cc2)c1CCCCCF. The molecule has 0 aliphatic rings. The largest absolute Gasteiger partial charge is 0.405 e. The third-order valence-electron chi connectivity index (χ3n) is 4.70. The third kappa shape index (κ3) is 7.81. The molecule has 33 heavy (non-hydrogen) atoms. The van der Waals surface area contributed by atoms with E-state index >= 15 is 0 Å². The first-order valence-electron chi connectivity index (χ1n) is 10.4. The molecule has 1 aromatic heterocycles. The average Bonchev–Trinajstić information content (AvgIpc) is 3.18. The van der Waals surface area contributed by atoms with E-state index in [2.05, 4.69) is 15.6 Å². The van der Waals surface area contributed by atoms with Crippen LogP contribution in [0.3, 0.4) is 0 Å². The summed E-state index contributed by atoms with van der Waals surface area (Å²) in [6, 6.07) is 5.62. The summed E-state index contributed by atoms with van der Waals surface area (Å²) in [5.74, 6) is -1.42. The van der Waals surface area contributed by atoms with Gasteiger partial charge in [-0.1, -0.05) is 11.6 Å². The normalized spacial score (nSPS) is 12.0. The Morgan fingerprint density at radius 2 is 1.73 bits per heavy atom. The molecule has 0 spiro atoms. The second-order valence-electron chi connectivity index (χ2n) is 8.14. The molecule has 182 valence electrons. The van der Waals surface area contributed by atoms with Gasteiger partial charge in [0.25, 0.3) is 11.8 Å². The molecule has 0 unspecified atom stereocenters. The lowest BCUT2D eigenvalue weighted by Crippen LogP contribution is -2.46. The van der Waals surface area contributed by atoms with Crippen molar-refractivity contribution in [3.8, 4) is 5.69 Å². The van der Waals surface area contributed by atoms with Crippen molar-refractivity contribution in [3.05, 3.63) is 41.2 Å². The van der Waals surface area contributed by atoms with Gasteiger partial charge in [-0.25, -0.2) is 4.68 Å². The second-order valence-corrected chi connectivity index (χ2v) is 8.14. The first kappa shape index (κ1) is 26.2. The van der Waals surface area contributed by atoms with E-state index in [4.69, 9.17) is 0 Å². The van der Waals surface area contributed by atoms with Gasteiger partial charge in [0.05, 0.1) is 30.2 Å². The molecule has 2 rings (SSSR count). The zero-order chi connectivity index (χ0) is 24.6. The van der Waals surface area contributed by atoms with Crippen molar-refractivity contribution in [1.29, 1.82) is 0 Å². The van der Waals surface area contributed by atoms with Crippen molar-refractivity contribution in [2.24, 2.45) is 0 Å². The summed E-state index contributed by atoms with van der Waals surface area (Å²) in [6.07, 6.45) is -2.62. The number of unbranched alkanes of at least 4 members (excludes halogenated alkanes) is 2. The van der Waals surface area contributed by atoms with Crippen molar-refractivity contribution in [2.45, 2.75) is 51.2 Å². The van der Waals surface area contributed by atoms with Gasteiger partial charge in [-0.3, -0.25) is 14.0 Å². The van der Waals surface area contributed by atoms with E-state index in [0.717, 1.165) is 0 Å². The summed E-state index contributed by atoms with van der Waals surface area (Å²) in [4.78, 5) is 24.6. The molecule has 1 heterocycles. The minimum Gasteiger partial charge on any atom is -0.394 e. The Hall–Kier alpha value is -3.02. The number of halogens is 4. The lowest BCUT2D eigenvalue weighted by Gasteiger charge is -2.23. The number of hydrogen-bond acceptors (Lipinski definition) is 5. The first-order valence-corrected chi connectivity index (χ1v) is 10.4. The lowest BCUT2D eigenvalue weighted by atomic mass is 10.1. The smallest absolute Gasteiger partial charge is 0.394 e. The van der Waals surface area contributed by atoms with Crippen LogP contribution in [0, 0.1) is 0 Å². The van der Waals surface area contributed by atoms with Crippen LogP contribution in [0.5, 0.6) is 0 Å². The molecule has 0 fully saturated rings. The van der Waals surface area contributed by atoms with Crippen LogP contribution in [-0.2, 0) is 6.42 Å². The van der Waals surface area contributed by atoms with Gasteiger partial charge in [-0.2, -0.15) is 13.2 Å². The van der Waals surface area contributed by atoms with Crippen LogP contribution in [0.4, 0.5) is 17.6 Å². The molecule has 0 bridgehead atoms. The summed E-state index contributed by atoms with van der Waals surface area (Å²) in [5, 5.41) is 21.9. The molecule has 12 heteroatoms. The summed E-state index contributed by atoms with van der Waals surface area (Å²) >= 11 is 0. The van der Waals surface area contributed by atoms with Crippen molar-refractivity contribution in [2.75, 3.05) is 19.8 Å². The van der Waals surface area contributed by atoms with Crippen LogP contribution in [0.25, 0.3) is 5.69 Å². The number of alkyl halides is 4. The zero-order valence-corrected chi connectivity index (χ0v) is 18.4. The number of nitrogens with zero attached hydrogens (tertiary/aromatic N) is 3. The summed E-state index contributed by atoms with van der Waals surface area (Å²) < 4.78 is 50.8. The van der Waals surface area contributed by atoms with Crippen molar-refractivity contribution < 1.29 is 32.3 Å². The number of rotatable bonds is 11. The quantitative estimate of drug-likeness (QED) is 0.344. The van der Waals surface area contributed by atoms with Crippen molar-refractivity contribution in [1.82, 2.24) is 25.6 Å². The van der Waals surface area contributed by atoms with Gasteiger partial charge in [0.15, 0.2) is 5.69 Å². The molecule has 0 aliphatic carbocycles. The van der Waals surface area contributed by atoms with Gasteiger partial charge >= 0.3 is 6.18 Å². The van der Waals surface area contributed by atoms with Crippen LogP contribution < -0.4 is 10.6 Å². The number of aromatic nitrogens is 3. The van der Waals surface area contributed by atoms with E-state index in [1.165, 1.54) is 28.9 Å². The zero-order valence-electron chi connectivity index (χ0n) is 18.4. The Kier molecular flexibility index (Phi) is 8.91. The number of benzene rings is 1. The Morgan fingerprint density at radius 1 is 1.06 bits per heavy atom. The van der Waals surface area contributed by atoms with Crippen molar-refractivity contribution >= 4 is 11.8 Å². The highest BCUT2D eigenvalue weighted by Gasteiger charge is 2.28. The minimum absolute atomic E-state index is 0.0234. The molecule has 1 aromatic carbocycles. The highest BCUT2D eigenvalue weighted by atomic mass is 19.4. The van der Waals surface area contributed by atoms with Crippen molar-refractivity contribution in [3.63, 3.8) is 0 Å². The van der Waals surface area contributed by atoms with E-state index in [9.17, 15) is 32.3 Å². The van der Waals surface area contributed by atoms with E-state index < -0.39 is 36.7 Å². The summed E-state index contributed by atoms with van der Waals surface area (Å²) in [5.41, 5.74) is 0.0712. The van der Waals surface area contributed by atoms with E-state index in [-0.39, 0.29) is 17.9 Å². The monoisotopic (exact) mass is 473 g/mol. The maximum absolute atomic E-state index is 12.7. The molecule has 2 amide bonds. The van der Waals surface area contributed by atoms with Crippen LogP contribution >= 0.6 is 0 Å². The molecule has 8 nitrogen and oxygen atoms in total. The molecule has 2 aromatic rings. The fourth-order valence-electron chi connectivity index (χ4n) is 2.92. The summed E-state index contributed by atoms with van der Waals surface area (Å²) in [7, 11) is 0. The fourth-order valence-corrected chi connectivity index (χ4v) is 2.92. The number of aliphatic hydroxyl groups excluding tert-OH is 1. The maximum atomic E-state index is 12.7. The van der Waals surface area contributed by atoms with E-state index in [1.54, 1.807) is 19.2 Å². The highest BCUT2D eigenvalue weighted by Crippen LogP contribution is 2.18. The second kappa shape index (κ2) is 11.2. The van der Waals surface area contributed by atoms with E-state index in [0.29, 0.717) is 37.1 Å². The van der Waals surface area contributed by atoms with E-state index in [1.807, 2.05) is 0 Å². The third-order valence-corrected chi connectivity index (χ3v) is 4.70. The molecule has 0 saturated carbocycles. The lowest BCUT2D eigenvalue weighted by molar-refractivity contribution is -0.123. The highest BCUT2D eigenvalue weighted by molar-refractivity contribution is 5.95. The number of aliphatic hydroxyl groups is 1. The van der Waals surface area contributed by atoms with Crippen LogP contribution in [0.2, 0.25) is 0 Å². The van der Waals surface area contributed by atoms with Gasteiger partial charge < -0.3 is 15.7 Å². The number of carbonyl (C=O) groups is 2. The topological polar surface area (TPSA) is 109 Å². The molecule has 3 N–H and O–H groups in total. The van der Waals surface area contributed by atoms with Gasteiger partial charge in [0, 0.05) is 5.56 Å². The summed E-state index contributed by atoms with van der Waals surface area (Å²) in [6.45, 7) is 1.09. The van der Waals surface area contributed by atoms with Crippen LogP contribution in [0.1, 0.15) is 59.7 Å². The van der Waals surface area contributed by atoms with Gasteiger partial charge in [-0.15, -0.1) is 5.10 Å². The van der Waals surface area contributed by atoms with Gasteiger partial charge in [0.1, 0.15) is 6.54 Å². The number of nitrogens with one attached hydrogen (secondary N) is 2. The molecule has 0 saturated heterocycles. The van der Waals surface area contributed by atoms with Crippen LogP contribution in [-0.4, -0.2) is 63.5 Å². The number of carbonyl (C=O) groups excluding carboxylic acids is 2. The molecule has 0 aliphatic heterocycles. The van der Waals surface area contributed by atoms with Gasteiger partial charge in [-0.05, 0) is 57.4 Å². The Bertz CT molecular complexity index is 942. The standard InChI is InChI=1S/C21H27F4N5O3/c1-20(2,13-31)27-19(33)17-16(6-4-3-5-11-22)30(29-28-17)15-9-7-14(8-10-15)18(32)26-12-21(23,24)25/h7-10,31H,3-6,11-13H2,1-2H3,(H,26,32)(H,27,33). The minimum atomic E-state index is -4.52. The molecular formula is C21H27F4N5O3. The Morgan fingerprint density at radius 3 is 2.30 bits per heavy atom. The fraction of sp³-hybridized carbons (Fsp3) is 0.524. The number of amides is 2. The first-order chi connectivity index (χ1) is 15.5.